The molecule has 65 heavy (non-hydrogen) atoms. The maximum Gasteiger partial charge on any atom is 0.328 e. The Labute approximate surface area is 372 Å². The van der Waals surface area contributed by atoms with E-state index in [1.165, 1.54) is 39.8 Å². The maximum atomic E-state index is 15.4. The minimum Gasteiger partial charge on any atom is -0.507 e. The zero-order valence-electron chi connectivity index (χ0n) is 36.8. The number of aryl methyl sites for hydroxylation is 1. The van der Waals surface area contributed by atoms with Crippen molar-refractivity contribution in [2.24, 2.45) is 0 Å². The highest BCUT2D eigenvalue weighted by Crippen LogP contribution is 2.45. The van der Waals surface area contributed by atoms with Gasteiger partial charge in [-0.15, -0.1) is 0 Å². The number of alkyl halides is 2. The number of aliphatic carboxylic acids is 2. The molecule has 4 N–H and O–H groups in total. The van der Waals surface area contributed by atoms with E-state index in [1.54, 1.807) is 22.8 Å². The summed E-state index contributed by atoms with van der Waals surface area (Å²) in [6, 6.07) is 8.45. The zero-order valence-corrected chi connectivity index (χ0v) is 36.8. The number of nitrogens with zero attached hydrogens (tertiary/aromatic N) is 3. The van der Waals surface area contributed by atoms with Crippen molar-refractivity contribution in [2.75, 3.05) is 13.1 Å². The lowest BCUT2D eigenvalue weighted by molar-refractivity contribution is -0.132. The summed E-state index contributed by atoms with van der Waals surface area (Å²) in [6.45, 7) is 11.0. The van der Waals surface area contributed by atoms with Crippen LogP contribution in [0.4, 0.5) is 26.3 Å². The molecule has 4 atom stereocenters. The molecule has 2 aliphatic heterocycles. The highest BCUT2D eigenvalue weighted by Gasteiger charge is 2.41. The van der Waals surface area contributed by atoms with Crippen LogP contribution >= 0.6 is 0 Å². The number of fused-ring (bicyclic) bond motifs is 3. The molecule has 0 bridgehead atoms. The number of phenolic OH excluding ortho intramolecular Hbond substituents is 1. The van der Waals surface area contributed by atoms with Gasteiger partial charge < -0.3 is 25.1 Å². The first-order valence-electron chi connectivity index (χ1n) is 20.8. The number of hydrogen-bond acceptors (Lipinski definition) is 8. The molecule has 16 heteroatoms. The van der Waals surface area contributed by atoms with E-state index in [-0.39, 0.29) is 58.7 Å². The molecule has 0 aliphatic carbocycles. The van der Waals surface area contributed by atoms with Crippen molar-refractivity contribution in [3.05, 3.63) is 140 Å². The molecule has 5 aromatic rings. The van der Waals surface area contributed by atoms with Gasteiger partial charge in [-0.3, -0.25) is 9.80 Å². The number of carboxylic acids is 2. The van der Waals surface area contributed by atoms with Gasteiger partial charge in [0.05, 0.1) is 12.1 Å². The summed E-state index contributed by atoms with van der Waals surface area (Å²) in [4.78, 5) is 29.3. The fraction of sp³-hybridized carbons (Fsp3) is 0.347. The standard InChI is InChI=1S/C25H25F3N2O3.C24H25F3N2O3/c1-13-7-16-10-21-20(29-14(2)33-21)11-17(16)24(30(13)12-25(3,4)28)23-18(26)8-15(9-19(23)27)5-6-22(31)32;1-13-6-15-10-20(30)16(11-28)9-17(15)23(29(13)12-24(2,3)27)22-18(25)7-14(8-19(22)26)4-5-21(31)32/h5-6,8-11,13,24H,7,12H2,1-4H3,(H,31,32);4-5,7-11,13,23,28,30H,6,12H2,1-3H3,(H,31,32)/b6-5+;5-4+,28-11?. The second kappa shape index (κ2) is 18.7. The van der Waals surface area contributed by atoms with E-state index in [2.05, 4.69) is 4.98 Å². The number of benzene rings is 4. The molecule has 7 rings (SSSR count). The predicted molar refractivity (Wildman–Crippen MR) is 235 cm³/mol. The van der Waals surface area contributed by atoms with Crippen LogP contribution in [-0.2, 0) is 22.4 Å². The molecule has 4 unspecified atom stereocenters. The van der Waals surface area contributed by atoms with Crippen LogP contribution in [0.3, 0.4) is 0 Å². The topological polar surface area (TPSA) is 151 Å². The molecule has 10 nitrogen and oxygen atoms in total. The van der Waals surface area contributed by atoms with Crippen molar-refractivity contribution in [2.45, 2.75) is 96.8 Å². The zero-order chi connectivity index (χ0) is 47.9. The first-order valence-corrected chi connectivity index (χ1v) is 20.8. The number of carbonyl (C=O) groups is 2. The number of hydrogen-bond donors (Lipinski definition) is 4. The minimum atomic E-state index is -1.65. The summed E-state index contributed by atoms with van der Waals surface area (Å²) >= 11 is 0. The third-order valence-electron chi connectivity index (χ3n) is 11.3. The van der Waals surface area contributed by atoms with Crippen molar-refractivity contribution in [3.8, 4) is 5.75 Å². The number of aromatic nitrogens is 1. The number of aromatic hydroxyl groups is 1. The largest absolute Gasteiger partial charge is 0.507 e. The van der Waals surface area contributed by atoms with Crippen molar-refractivity contribution in [1.82, 2.24) is 14.8 Å². The van der Waals surface area contributed by atoms with Crippen LogP contribution in [0.1, 0.15) is 110 Å². The first kappa shape index (κ1) is 48.2. The Bertz CT molecular complexity index is 2670. The van der Waals surface area contributed by atoms with E-state index in [0.29, 0.717) is 46.5 Å². The van der Waals surface area contributed by atoms with Gasteiger partial charge in [0.1, 0.15) is 45.9 Å². The lowest BCUT2D eigenvalue weighted by atomic mass is 9.82. The number of halogens is 6. The van der Waals surface area contributed by atoms with E-state index in [1.807, 2.05) is 19.9 Å². The predicted octanol–water partition coefficient (Wildman–Crippen LogP) is 10.4. The molecule has 0 saturated carbocycles. The molecule has 2 aliphatic rings. The van der Waals surface area contributed by atoms with Gasteiger partial charge in [-0.25, -0.2) is 40.9 Å². The van der Waals surface area contributed by atoms with Crippen LogP contribution in [0.2, 0.25) is 0 Å². The molecule has 0 saturated heterocycles. The van der Waals surface area contributed by atoms with Gasteiger partial charge in [0.2, 0.25) is 0 Å². The van der Waals surface area contributed by atoms with Gasteiger partial charge in [-0.05, 0) is 148 Å². The van der Waals surface area contributed by atoms with E-state index < -0.39 is 58.6 Å². The van der Waals surface area contributed by atoms with Crippen LogP contribution in [0.15, 0.2) is 65.1 Å². The van der Waals surface area contributed by atoms with Gasteiger partial charge in [0, 0.05) is 67.2 Å². The highest BCUT2D eigenvalue weighted by atomic mass is 19.2. The van der Waals surface area contributed by atoms with Crippen LogP contribution < -0.4 is 0 Å². The summed E-state index contributed by atoms with van der Waals surface area (Å²) in [5, 5.41) is 35.3. The van der Waals surface area contributed by atoms with E-state index in [9.17, 15) is 23.5 Å². The van der Waals surface area contributed by atoms with E-state index >= 15 is 17.6 Å². The molecule has 4 aromatic carbocycles. The van der Waals surface area contributed by atoms with Crippen molar-refractivity contribution in [1.29, 1.82) is 5.41 Å². The second-order valence-electron chi connectivity index (χ2n) is 17.8. The van der Waals surface area contributed by atoms with Gasteiger partial charge in [-0.1, -0.05) is 0 Å². The normalized spacial score (nSPS) is 19.3. The van der Waals surface area contributed by atoms with Gasteiger partial charge in [0.15, 0.2) is 11.5 Å². The SMILES string of the molecule is CC1Cc2cc(O)c(C=N)cc2C(c2c(F)cc(/C=C/C(=O)O)cc2F)N1CC(C)(C)F.Cc1nc2cc3c(cc2o1)CC(C)N(CC(C)(C)F)C3c1c(F)cc(/C=C/C(=O)O)cc1F. The smallest absolute Gasteiger partial charge is 0.328 e. The Balaban J connectivity index is 0.000000216. The average Bonchev–Trinajstić information content (AvgIpc) is 3.55. The molecule has 0 amide bonds. The van der Waals surface area contributed by atoms with Gasteiger partial charge in [-0.2, -0.15) is 0 Å². The van der Waals surface area contributed by atoms with Gasteiger partial charge in [0.25, 0.3) is 0 Å². The lowest BCUT2D eigenvalue weighted by Crippen LogP contribution is -2.48. The number of rotatable bonds is 11. The number of oxazole rings is 1. The van der Waals surface area contributed by atoms with Crippen molar-refractivity contribution >= 4 is 41.4 Å². The number of nitrogens with one attached hydrogen (secondary N) is 1. The van der Waals surface area contributed by atoms with Crippen LogP contribution in [-0.4, -0.2) is 84.8 Å². The van der Waals surface area contributed by atoms with Crippen LogP contribution in [0, 0.1) is 35.6 Å². The summed E-state index contributed by atoms with van der Waals surface area (Å²) in [6.07, 6.45) is 5.73. The molecule has 344 valence electrons. The fourth-order valence-electron chi connectivity index (χ4n) is 8.79. The van der Waals surface area contributed by atoms with Crippen molar-refractivity contribution in [3.63, 3.8) is 0 Å². The summed E-state index contributed by atoms with van der Waals surface area (Å²) in [7, 11) is 0. The highest BCUT2D eigenvalue weighted by molar-refractivity contribution is 5.86. The first-order chi connectivity index (χ1) is 30.3. The number of carboxylic acid groups (broad SMARTS) is 2. The summed E-state index contributed by atoms with van der Waals surface area (Å²) < 4.78 is 96.4. The molecule has 0 spiro atoms. The molecule has 0 fully saturated rings. The molecular formula is C49H50F6N4O6. The molecule has 3 heterocycles. The Hall–Kier alpha value is -6.26. The maximum absolute atomic E-state index is 15.4. The average molecular weight is 905 g/mol. The second-order valence-corrected chi connectivity index (χ2v) is 17.8. The monoisotopic (exact) mass is 904 g/mol. The number of phenols is 1. The molecular weight excluding hydrogens is 855 g/mol. The Kier molecular flexibility index (Phi) is 13.9. The molecule has 0 radical (unpaired) electrons. The Morgan fingerprint density at radius 1 is 0.738 bits per heavy atom. The third kappa shape index (κ3) is 11.0. The third-order valence-corrected chi connectivity index (χ3v) is 11.3. The Morgan fingerprint density at radius 3 is 1.55 bits per heavy atom. The summed E-state index contributed by atoms with van der Waals surface area (Å²) in [5.74, 6) is -5.56. The summed E-state index contributed by atoms with van der Waals surface area (Å²) in [5.41, 5.74) is 0.347. The minimum absolute atomic E-state index is 0.0340. The van der Waals surface area contributed by atoms with Crippen LogP contribution in [0.5, 0.6) is 5.75 Å². The Morgan fingerprint density at radius 2 is 1.15 bits per heavy atom. The van der Waals surface area contributed by atoms with Crippen molar-refractivity contribution < 1.29 is 55.7 Å². The molecule has 1 aromatic heterocycles. The fourth-order valence-corrected chi connectivity index (χ4v) is 8.79. The van der Waals surface area contributed by atoms with E-state index in [0.717, 1.165) is 60.3 Å². The lowest BCUT2D eigenvalue weighted by Gasteiger charge is -2.44. The quantitative estimate of drug-likeness (QED) is 0.0577. The van der Waals surface area contributed by atoms with Gasteiger partial charge >= 0.3 is 11.9 Å². The van der Waals surface area contributed by atoms with E-state index in [4.69, 9.17) is 20.0 Å². The van der Waals surface area contributed by atoms with Crippen LogP contribution in [0.25, 0.3) is 23.3 Å².